The van der Waals surface area contributed by atoms with Gasteiger partial charge in [-0.05, 0) is 48.6 Å². The van der Waals surface area contributed by atoms with Gasteiger partial charge in [-0.2, -0.15) is 0 Å². The summed E-state index contributed by atoms with van der Waals surface area (Å²) in [6.45, 7) is 8.32. The fourth-order valence-electron chi connectivity index (χ4n) is 2.02. The maximum absolute atomic E-state index is 9.46. The van der Waals surface area contributed by atoms with Crippen molar-refractivity contribution in [1.82, 2.24) is 0 Å². The first kappa shape index (κ1) is 15.3. The highest BCUT2D eigenvalue weighted by molar-refractivity contribution is 5.85. The lowest BCUT2D eigenvalue weighted by atomic mass is 9.87. The Morgan fingerprint density at radius 1 is 1.25 bits per heavy atom. The van der Waals surface area contributed by atoms with Crippen molar-refractivity contribution in [2.45, 2.75) is 40.2 Å². The van der Waals surface area contributed by atoms with E-state index in [0.29, 0.717) is 11.7 Å². The van der Waals surface area contributed by atoms with Gasteiger partial charge in [-0.1, -0.05) is 20.3 Å². The molecule has 16 heavy (non-hydrogen) atoms. The van der Waals surface area contributed by atoms with Crippen LogP contribution in [-0.2, 0) is 0 Å². The van der Waals surface area contributed by atoms with Gasteiger partial charge >= 0.3 is 0 Å². The molecule has 3 heteroatoms. The molecule has 1 unspecified atom stereocenters. The molecule has 1 aromatic rings. The van der Waals surface area contributed by atoms with Gasteiger partial charge in [-0.25, -0.2) is 0 Å². The second-order valence-electron chi connectivity index (χ2n) is 4.40. The number of benzene rings is 1. The second-order valence-corrected chi connectivity index (χ2v) is 4.40. The fraction of sp³-hybridized carbons (Fsp3) is 0.538. The van der Waals surface area contributed by atoms with Gasteiger partial charge in [0.2, 0.25) is 0 Å². The Balaban J connectivity index is 0.00000225. The van der Waals surface area contributed by atoms with Gasteiger partial charge in [-0.3, -0.25) is 0 Å². The molecular formula is C13H22ClNO. The van der Waals surface area contributed by atoms with E-state index >= 15 is 0 Å². The van der Waals surface area contributed by atoms with Crippen LogP contribution in [0.1, 0.15) is 43.0 Å². The summed E-state index contributed by atoms with van der Waals surface area (Å²) >= 11 is 0. The molecule has 0 aliphatic carbocycles. The van der Waals surface area contributed by atoms with Crippen LogP contribution in [0.3, 0.4) is 0 Å². The van der Waals surface area contributed by atoms with E-state index in [0.717, 1.165) is 17.5 Å². The third kappa shape index (κ3) is 3.13. The Morgan fingerprint density at radius 3 is 2.06 bits per heavy atom. The molecule has 0 saturated carbocycles. The fourth-order valence-corrected chi connectivity index (χ4v) is 2.02. The SMILES string of the molecule is CCC(C)[C@@H](N)c1c(C)cc(O)cc1C.Cl. The van der Waals surface area contributed by atoms with E-state index in [1.54, 1.807) is 12.1 Å². The van der Waals surface area contributed by atoms with Gasteiger partial charge in [0.1, 0.15) is 5.75 Å². The van der Waals surface area contributed by atoms with E-state index in [1.807, 2.05) is 13.8 Å². The number of phenolic OH excluding ortho intramolecular Hbond substituents is 1. The number of phenols is 1. The molecule has 0 saturated heterocycles. The van der Waals surface area contributed by atoms with Crippen molar-refractivity contribution in [2.75, 3.05) is 0 Å². The minimum atomic E-state index is 0. The molecule has 0 aliphatic rings. The number of aryl methyl sites for hydroxylation is 2. The molecule has 0 spiro atoms. The highest BCUT2D eigenvalue weighted by Gasteiger charge is 2.17. The zero-order chi connectivity index (χ0) is 11.6. The summed E-state index contributed by atoms with van der Waals surface area (Å²) in [6, 6.07) is 3.63. The summed E-state index contributed by atoms with van der Waals surface area (Å²) in [7, 11) is 0. The van der Waals surface area contributed by atoms with Crippen LogP contribution >= 0.6 is 12.4 Å². The Labute approximate surface area is 104 Å². The van der Waals surface area contributed by atoms with Crippen LogP contribution in [0.25, 0.3) is 0 Å². The minimum Gasteiger partial charge on any atom is -0.508 e. The lowest BCUT2D eigenvalue weighted by Gasteiger charge is -2.23. The summed E-state index contributed by atoms with van der Waals surface area (Å²) in [5.74, 6) is 0.789. The third-order valence-electron chi connectivity index (χ3n) is 3.17. The summed E-state index contributed by atoms with van der Waals surface area (Å²) in [5.41, 5.74) is 9.57. The predicted molar refractivity (Wildman–Crippen MR) is 71.2 cm³/mol. The number of hydrogen-bond donors (Lipinski definition) is 2. The molecule has 0 aromatic heterocycles. The van der Waals surface area contributed by atoms with Gasteiger partial charge in [0.25, 0.3) is 0 Å². The van der Waals surface area contributed by atoms with Gasteiger partial charge in [-0.15, -0.1) is 12.4 Å². The van der Waals surface area contributed by atoms with E-state index in [1.165, 1.54) is 5.56 Å². The summed E-state index contributed by atoms with van der Waals surface area (Å²) in [5, 5.41) is 9.46. The van der Waals surface area contributed by atoms with Crippen molar-refractivity contribution in [1.29, 1.82) is 0 Å². The van der Waals surface area contributed by atoms with Crippen molar-refractivity contribution in [3.63, 3.8) is 0 Å². The van der Waals surface area contributed by atoms with Gasteiger partial charge in [0.15, 0.2) is 0 Å². The lowest BCUT2D eigenvalue weighted by molar-refractivity contribution is 0.449. The summed E-state index contributed by atoms with van der Waals surface area (Å²) in [6.07, 6.45) is 1.07. The smallest absolute Gasteiger partial charge is 0.116 e. The van der Waals surface area contributed by atoms with Crippen molar-refractivity contribution in [3.05, 3.63) is 28.8 Å². The van der Waals surface area contributed by atoms with Crippen LogP contribution in [0.4, 0.5) is 0 Å². The second kappa shape index (κ2) is 6.12. The van der Waals surface area contributed by atoms with Crippen molar-refractivity contribution < 1.29 is 5.11 Å². The maximum atomic E-state index is 9.46. The molecule has 0 aliphatic heterocycles. The molecule has 0 heterocycles. The molecule has 2 atom stereocenters. The molecular weight excluding hydrogens is 222 g/mol. The van der Waals surface area contributed by atoms with Gasteiger partial charge in [0.05, 0.1) is 0 Å². The normalized spacial score (nSPS) is 14.1. The predicted octanol–water partition coefficient (Wildman–Crippen LogP) is 3.48. The average Bonchev–Trinajstić information content (AvgIpc) is 2.14. The van der Waals surface area contributed by atoms with Crippen LogP contribution in [0.15, 0.2) is 12.1 Å². The number of nitrogens with two attached hydrogens (primary N) is 1. The van der Waals surface area contributed by atoms with Crippen molar-refractivity contribution >= 4 is 12.4 Å². The third-order valence-corrected chi connectivity index (χ3v) is 3.17. The Kier molecular flexibility index (Phi) is 5.84. The van der Waals surface area contributed by atoms with E-state index < -0.39 is 0 Å². The Hall–Kier alpha value is -0.730. The minimum absolute atomic E-state index is 0. The number of aromatic hydroxyl groups is 1. The van der Waals surface area contributed by atoms with Crippen LogP contribution in [0, 0.1) is 19.8 Å². The van der Waals surface area contributed by atoms with E-state index in [9.17, 15) is 5.11 Å². The zero-order valence-corrected chi connectivity index (χ0v) is 11.3. The standard InChI is InChI=1S/C13H21NO.ClH/c1-5-8(2)13(14)12-9(3)6-11(15)7-10(12)4;/h6-8,13,15H,5,14H2,1-4H3;1H/t8?,13-;/m1./s1. The Bertz CT molecular complexity index is 329. The summed E-state index contributed by atoms with van der Waals surface area (Å²) in [4.78, 5) is 0. The maximum Gasteiger partial charge on any atom is 0.116 e. The highest BCUT2D eigenvalue weighted by Crippen LogP contribution is 2.30. The van der Waals surface area contributed by atoms with Crippen molar-refractivity contribution in [2.24, 2.45) is 11.7 Å². The molecule has 1 rings (SSSR count). The molecule has 3 N–H and O–H groups in total. The molecule has 0 radical (unpaired) electrons. The summed E-state index contributed by atoms with van der Waals surface area (Å²) < 4.78 is 0. The molecule has 0 bridgehead atoms. The van der Waals surface area contributed by atoms with Crippen molar-refractivity contribution in [3.8, 4) is 5.75 Å². The monoisotopic (exact) mass is 243 g/mol. The van der Waals surface area contributed by atoms with Gasteiger partial charge in [0, 0.05) is 6.04 Å². The van der Waals surface area contributed by atoms with E-state index in [4.69, 9.17) is 5.73 Å². The molecule has 92 valence electrons. The lowest BCUT2D eigenvalue weighted by Crippen LogP contribution is -2.20. The zero-order valence-electron chi connectivity index (χ0n) is 10.4. The number of halogens is 1. The highest BCUT2D eigenvalue weighted by atomic mass is 35.5. The van der Waals surface area contributed by atoms with Crippen LogP contribution in [0.5, 0.6) is 5.75 Å². The average molecular weight is 244 g/mol. The van der Waals surface area contributed by atoms with Crippen LogP contribution in [-0.4, -0.2) is 5.11 Å². The molecule has 0 amide bonds. The first-order valence-corrected chi connectivity index (χ1v) is 5.53. The first-order valence-electron chi connectivity index (χ1n) is 5.53. The van der Waals surface area contributed by atoms with Gasteiger partial charge < -0.3 is 10.8 Å². The Morgan fingerprint density at radius 2 is 1.69 bits per heavy atom. The largest absolute Gasteiger partial charge is 0.508 e. The molecule has 1 aromatic carbocycles. The topological polar surface area (TPSA) is 46.2 Å². The number of rotatable bonds is 3. The van der Waals surface area contributed by atoms with Crippen LogP contribution < -0.4 is 5.73 Å². The quantitative estimate of drug-likeness (QED) is 0.854. The van der Waals surface area contributed by atoms with E-state index in [-0.39, 0.29) is 18.4 Å². The number of hydrogen-bond acceptors (Lipinski definition) is 2. The first-order chi connectivity index (χ1) is 6.97. The molecule has 2 nitrogen and oxygen atoms in total. The van der Waals surface area contributed by atoms with Crippen LogP contribution in [0.2, 0.25) is 0 Å². The van der Waals surface area contributed by atoms with E-state index in [2.05, 4.69) is 13.8 Å². The molecule has 0 fully saturated rings.